The summed E-state index contributed by atoms with van der Waals surface area (Å²) in [6, 6.07) is 0. The molecule has 0 aromatic heterocycles. The van der Waals surface area contributed by atoms with Crippen LogP contribution in [0, 0.1) is 23.2 Å². The minimum Gasteiger partial charge on any atom is -0.467 e. The first-order valence-corrected chi connectivity index (χ1v) is 7.95. The summed E-state index contributed by atoms with van der Waals surface area (Å²) in [5, 5.41) is 10.2. The summed E-state index contributed by atoms with van der Waals surface area (Å²) in [5.74, 6) is 2.00. The van der Waals surface area contributed by atoms with Gasteiger partial charge in [-0.1, -0.05) is 6.42 Å². The molecule has 20 heavy (non-hydrogen) atoms. The average Bonchev–Trinajstić information content (AvgIpc) is 3.10. The van der Waals surface area contributed by atoms with E-state index in [9.17, 15) is 9.90 Å². The zero-order valence-electron chi connectivity index (χ0n) is 12.5. The smallest absolute Gasteiger partial charge is 0.331 e. The molecule has 3 saturated carbocycles. The fourth-order valence-corrected chi connectivity index (χ4v) is 5.59. The van der Waals surface area contributed by atoms with Crippen LogP contribution >= 0.6 is 0 Å². The zero-order chi connectivity index (χ0) is 14.3. The van der Waals surface area contributed by atoms with Crippen molar-refractivity contribution in [2.45, 2.75) is 57.7 Å². The lowest BCUT2D eigenvalue weighted by atomic mass is 9.67. The number of aliphatic hydroxyl groups is 1. The van der Waals surface area contributed by atoms with Crippen LogP contribution in [0.25, 0.3) is 0 Å². The number of ether oxygens (including phenoxy) is 2. The quantitative estimate of drug-likeness (QED) is 0.785. The fourth-order valence-electron chi connectivity index (χ4n) is 5.59. The summed E-state index contributed by atoms with van der Waals surface area (Å²) in [5.41, 5.74) is 0.105. The van der Waals surface area contributed by atoms with Crippen LogP contribution in [0.4, 0.5) is 0 Å². The van der Waals surface area contributed by atoms with E-state index >= 15 is 0 Å². The first-order chi connectivity index (χ1) is 9.58. The van der Waals surface area contributed by atoms with Crippen LogP contribution in [0.2, 0.25) is 0 Å². The van der Waals surface area contributed by atoms with Crippen LogP contribution in [0.15, 0.2) is 0 Å². The van der Waals surface area contributed by atoms with E-state index < -0.39 is 6.10 Å². The van der Waals surface area contributed by atoms with Gasteiger partial charge < -0.3 is 14.6 Å². The molecule has 3 aliphatic rings. The van der Waals surface area contributed by atoms with Gasteiger partial charge in [0.1, 0.15) is 6.61 Å². The molecule has 114 valence electrons. The van der Waals surface area contributed by atoms with Crippen molar-refractivity contribution in [3.8, 4) is 0 Å². The molecular weight excluding hydrogens is 256 g/mol. The number of esters is 1. The van der Waals surface area contributed by atoms with Crippen LogP contribution in [-0.4, -0.2) is 37.0 Å². The number of hydrogen-bond acceptors (Lipinski definition) is 4. The number of fused-ring (bicyclic) bond motifs is 5. The summed E-state index contributed by atoms with van der Waals surface area (Å²) < 4.78 is 10.5. The maximum Gasteiger partial charge on any atom is 0.331 e. The van der Waals surface area contributed by atoms with Gasteiger partial charge in [0, 0.05) is 5.41 Å². The fraction of sp³-hybridized carbons (Fsp3) is 0.938. The molecule has 0 spiro atoms. The van der Waals surface area contributed by atoms with Crippen molar-refractivity contribution in [3.63, 3.8) is 0 Å². The second-order valence-corrected chi connectivity index (χ2v) is 6.99. The van der Waals surface area contributed by atoms with Gasteiger partial charge >= 0.3 is 5.97 Å². The Morgan fingerprint density at radius 2 is 2.20 bits per heavy atom. The molecule has 3 rings (SSSR count). The largest absolute Gasteiger partial charge is 0.467 e. The van der Waals surface area contributed by atoms with Crippen molar-refractivity contribution in [2.75, 3.05) is 13.7 Å². The second kappa shape index (κ2) is 5.30. The van der Waals surface area contributed by atoms with Gasteiger partial charge in [0.25, 0.3) is 0 Å². The highest BCUT2D eigenvalue weighted by Gasteiger charge is 2.62. The van der Waals surface area contributed by atoms with Gasteiger partial charge in [0.15, 0.2) is 0 Å². The predicted molar refractivity (Wildman–Crippen MR) is 74.0 cm³/mol. The Morgan fingerprint density at radius 3 is 2.90 bits per heavy atom. The Morgan fingerprint density at radius 1 is 1.40 bits per heavy atom. The number of aliphatic hydroxyl groups excluding tert-OH is 1. The van der Waals surface area contributed by atoms with Gasteiger partial charge in [0.2, 0.25) is 0 Å². The van der Waals surface area contributed by atoms with E-state index in [-0.39, 0.29) is 24.1 Å². The lowest BCUT2D eigenvalue weighted by molar-refractivity contribution is -0.161. The van der Waals surface area contributed by atoms with Crippen molar-refractivity contribution in [2.24, 2.45) is 23.2 Å². The lowest BCUT2D eigenvalue weighted by Crippen LogP contribution is -2.47. The molecule has 0 saturated heterocycles. The molecule has 0 aliphatic heterocycles. The van der Waals surface area contributed by atoms with Crippen molar-refractivity contribution >= 4 is 5.97 Å². The molecule has 4 heteroatoms. The molecule has 6 atom stereocenters. The van der Waals surface area contributed by atoms with Crippen LogP contribution < -0.4 is 0 Å². The summed E-state index contributed by atoms with van der Waals surface area (Å²) in [6.45, 7) is 1.75. The van der Waals surface area contributed by atoms with Gasteiger partial charge in [-0.15, -0.1) is 0 Å². The molecule has 4 nitrogen and oxygen atoms in total. The Kier molecular flexibility index (Phi) is 3.80. The van der Waals surface area contributed by atoms with Crippen LogP contribution in [0.3, 0.4) is 0 Å². The molecule has 3 aliphatic carbocycles. The van der Waals surface area contributed by atoms with Crippen LogP contribution in [0.1, 0.15) is 45.4 Å². The van der Waals surface area contributed by atoms with Crippen LogP contribution in [0.5, 0.6) is 0 Å². The van der Waals surface area contributed by atoms with Gasteiger partial charge in [-0.2, -0.15) is 0 Å². The Labute approximate surface area is 120 Å². The van der Waals surface area contributed by atoms with Gasteiger partial charge in [-0.05, 0) is 56.8 Å². The summed E-state index contributed by atoms with van der Waals surface area (Å²) in [6.07, 6.45) is 6.78. The highest BCUT2D eigenvalue weighted by molar-refractivity contribution is 5.70. The van der Waals surface area contributed by atoms with E-state index in [1.165, 1.54) is 39.2 Å². The van der Waals surface area contributed by atoms with E-state index in [2.05, 4.69) is 4.74 Å². The van der Waals surface area contributed by atoms with E-state index in [1.807, 2.05) is 0 Å². The van der Waals surface area contributed by atoms with Crippen molar-refractivity contribution in [3.05, 3.63) is 0 Å². The van der Waals surface area contributed by atoms with Crippen LogP contribution in [-0.2, 0) is 14.3 Å². The Balaban J connectivity index is 1.78. The maximum atomic E-state index is 11.4. The number of rotatable bonds is 5. The number of hydrogen-bond donors (Lipinski definition) is 1. The highest BCUT2D eigenvalue weighted by atomic mass is 16.6. The molecule has 1 N–H and O–H groups in total. The summed E-state index contributed by atoms with van der Waals surface area (Å²) in [4.78, 5) is 11.4. The maximum absolute atomic E-state index is 11.4. The molecule has 0 radical (unpaired) electrons. The highest BCUT2D eigenvalue weighted by Crippen LogP contribution is 2.67. The van der Waals surface area contributed by atoms with Crippen molar-refractivity contribution in [1.29, 1.82) is 0 Å². The lowest BCUT2D eigenvalue weighted by Gasteiger charge is -2.43. The van der Waals surface area contributed by atoms with Gasteiger partial charge in [-0.25, -0.2) is 4.79 Å². The molecule has 0 heterocycles. The average molecular weight is 282 g/mol. The van der Waals surface area contributed by atoms with E-state index in [0.29, 0.717) is 5.92 Å². The normalized spacial score (nSPS) is 41.5. The van der Waals surface area contributed by atoms with Gasteiger partial charge in [0.05, 0.1) is 19.3 Å². The van der Waals surface area contributed by atoms with E-state index in [0.717, 1.165) is 18.3 Å². The molecule has 0 aromatic carbocycles. The summed E-state index contributed by atoms with van der Waals surface area (Å²) in [7, 11) is 1.37. The third-order valence-electron chi connectivity index (χ3n) is 6.15. The molecule has 3 fully saturated rings. The standard InChI is InChI=1S/C16H26O4/c1-10(17)15(20-9-14(18)19-2)16-7-6-11(8-16)12-4-3-5-13(12)16/h10-13,15,17H,3-9H2,1-2H3. The molecule has 0 aromatic rings. The molecule has 6 unspecified atom stereocenters. The zero-order valence-corrected chi connectivity index (χ0v) is 12.5. The summed E-state index contributed by atoms with van der Waals surface area (Å²) >= 11 is 0. The molecular formula is C16H26O4. The third kappa shape index (κ3) is 2.08. The monoisotopic (exact) mass is 282 g/mol. The predicted octanol–water partition coefficient (Wildman–Crippen LogP) is 2.14. The molecule has 0 amide bonds. The Bertz CT molecular complexity index is 381. The SMILES string of the molecule is COC(=O)COC(C(C)O)C12CCC(C1)C1CCCC12. The first kappa shape index (κ1) is 14.3. The first-order valence-electron chi connectivity index (χ1n) is 7.95. The minimum atomic E-state index is -0.530. The topological polar surface area (TPSA) is 55.8 Å². The second-order valence-electron chi connectivity index (χ2n) is 6.99. The van der Waals surface area contributed by atoms with E-state index in [1.54, 1.807) is 6.92 Å². The number of carbonyl (C=O) groups is 1. The third-order valence-corrected chi connectivity index (χ3v) is 6.15. The Hall–Kier alpha value is -0.610. The van der Waals surface area contributed by atoms with Crippen molar-refractivity contribution in [1.82, 2.24) is 0 Å². The minimum absolute atomic E-state index is 0.0458. The van der Waals surface area contributed by atoms with Gasteiger partial charge in [-0.3, -0.25) is 0 Å². The number of methoxy groups -OCH3 is 1. The van der Waals surface area contributed by atoms with E-state index in [4.69, 9.17) is 4.74 Å². The number of carbonyl (C=O) groups excluding carboxylic acids is 1. The molecule has 2 bridgehead atoms. The van der Waals surface area contributed by atoms with Crippen molar-refractivity contribution < 1.29 is 19.4 Å².